The van der Waals surface area contributed by atoms with Crippen molar-refractivity contribution in [3.05, 3.63) is 59.4 Å². The summed E-state index contributed by atoms with van der Waals surface area (Å²) >= 11 is 0. The number of hydrogen-bond acceptors (Lipinski definition) is 8. The SMILES string of the molecule is COc1ccc2c(c1)[C@]1(C[C@H]1c1ccc3c(Nc4nc(CCO)cnc4OC)n[nH]c3c1)C(=O)N2. The van der Waals surface area contributed by atoms with Crippen LogP contribution in [-0.2, 0) is 16.6 Å². The first-order chi connectivity index (χ1) is 17.1. The van der Waals surface area contributed by atoms with Gasteiger partial charge in [-0.1, -0.05) is 6.07 Å². The van der Waals surface area contributed by atoms with Gasteiger partial charge in [0.15, 0.2) is 11.6 Å². The number of fused-ring (bicyclic) bond motifs is 3. The molecule has 6 rings (SSSR count). The molecule has 1 aliphatic heterocycles. The summed E-state index contributed by atoms with van der Waals surface area (Å²) in [7, 11) is 3.15. The van der Waals surface area contributed by atoms with Crippen molar-refractivity contribution in [2.24, 2.45) is 0 Å². The van der Waals surface area contributed by atoms with Gasteiger partial charge in [-0.15, -0.1) is 0 Å². The van der Waals surface area contributed by atoms with Crippen LogP contribution in [0, 0.1) is 0 Å². The van der Waals surface area contributed by atoms with Crippen molar-refractivity contribution in [1.29, 1.82) is 0 Å². The molecule has 178 valence electrons. The number of anilines is 3. The number of rotatable bonds is 7. The van der Waals surface area contributed by atoms with E-state index in [0.717, 1.165) is 39.9 Å². The van der Waals surface area contributed by atoms with E-state index in [4.69, 9.17) is 9.47 Å². The maximum absolute atomic E-state index is 13.0. The zero-order chi connectivity index (χ0) is 24.2. The van der Waals surface area contributed by atoms with Crippen LogP contribution in [0.1, 0.15) is 29.2 Å². The minimum atomic E-state index is -0.561. The van der Waals surface area contributed by atoms with Gasteiger partial charge in [-0.25, -0.2) is 9.97 Å². The van der Waals surface area contributed by atoms with Gasteiger partial charge < -0.3 is 25.2 Å². The number of nitrogens with one attached hydrogen (secondary N) is 3. The molecule has 1 saturated carbocycles. The molecule has 1 fully saturated rings. The zero-order valence-corrected chi connectivity index (χ0v) is 19.3. The fourth-order valence-electron chi connectivity index (χ4n) is 5.04. The van der Waals surface area contributed by atoms with Crippen molar-refractivity contribution in [2.75, 3.05) is 31.5 Å². The molecule has 2 aromatic carbocycles. The van der Waals surface area contributed by atoms with E-state index in [0.29, 0.717) is 29.6 Å². The predicted molar refractivity (Wildman–Crippen MR) is 129 cm³/mol. The number of carbonyl (C=O) groups is 1. The van der Waals surface area contributed by atoms with E-state index >= 15 is 0 Å². The fraction of sp³-hybridized carbons (Fsp3) is 0.280. The minimum absolute atomic E-state index is 0.0213. The third-order valence-corrected chi connectivity index (χ3v) is 6.90. The Bertz CT molecular complexity index is 1470. The molecule has 3 heterocycles. The monoisotopic (exact) mass is 472 g/mol. The highest BCUT2D eigenvalue weighted by Crippen LogP contribution is 2.65. The summed E-state index contributed by atoms with van der Waals surface area (Å²) in [6.07, 6.45) is 2.71. The number of aromatic nitrogens is 4. The van der Waals surface area contributed by atoms with Crippen LogP contribution < -0.4 is 20.1 Å². The molecule has 2 atom stereocenters. The maximum atomic E-state index is 13.0. The Morgan fingerprint density at radius 1 is 1.17 bits per heavy atom. The summed E-state index contributed by atoms with van der Waals surface area (Å²) in [6, 6.07) is 11.8. The smallest absolute Gasteiger partial charge is 0.257 e. The maximum Gasteiger partial charge on any atom is 0.257 e. The first kappa shape index (κ1) is 21.4. The quantitative estimate of drug-likeness (QED) is 0.322. The Hall–Kier alpha value is -4.18. The first-order valence-corrected chi connectivity index (χ1v) is 11.3. The zero-order valence-electron chi connectivity index (χ0n) is 19.3. The van der Waals surface area contributed by atoms with E-state index in [-0.39, 0.29) is 18.4 Å². The van der Waals surface area contributed by atoms with Gasteiger partial charge in [0.25, 0.3) is 5.88 Å². The van der Waals surface area contributed by atoms with E-state index in [9.17, 15) is 9.90 Å². The van der Waals surface area contributed by atoms with Gasteiger partial charge in [0.05, 0.1) is 37.0 Å². The summed E-state index contributed by atoms with van der Waals surface area (Å²) in [4.78, 5) is 21.7. The van der Waals surface area contributed by atoms with Gasteiger partial charge in [-0.3, -0.25) is 9.89 Å². The number of carbonyl (C=O) groups excluding carboxylic acids is 1. The highest BCUT2D eigenvalue weighted by molar-refractivity contribution is 6.10. The number of aromatic amines is 1. The Morgan fingerprint density at radius 3 is 2.86 bits per heavy atom. The van der Waals surface area contributed by atoms with Crippen molar-refractivity contribution in [3.63, 3.8) is 0 Å². The Labute approximate surface area is 200 Å². The molecular weight excluding hydrogens is 448 g/mol. The highest BCUT2D eigenvalue weighted by atomic mass is 16.5. The Kier molecular flexibility index (Phi) is 4.85. The molecule has 2 aliphatic rings. The van der Waals surface area contributed by atoms with Gasteiger partial charge in [0.2, 0.25) is 5.91 Å². The van der Waals surface area contributed by atoms with Gasteiger partial charge >= 0.3 is 0 Å². The number of hydrogen-bond donors (Lipinski definition) is 4. The molecule has 4 aromatic rings. The number of nitrogens with zero attached hydrogens (tertiary/aromatic N) is 3. The van der Waals surface area contributed by atoms with Crippen LogP contribution in [0.25, 0.3) is 10.9 Å². The molecule has 10 heteroatoms. The van der Waals surface area contributed by atoms with Gasteiger partial charge in [-0.2, -0.15) is 5.10 Å². The average molecular weight is 473 g/mol. The van der Waals surface area contributed by atoms with Crippen LogP contribution in [0.5, 0.6) is 11.6 Å². The van der Waals surface area contributed by atoms with E-state index in [1.165, 1.54) is 7.11 Å². The summed E-state index contributed by atoms with van der Waals surface area (Å²) in [5.74, 6) is 2.18. The van der Waals surface area contributed by atoms with Crippen molar-refractivity contribution in [3.8, 4) is 11.6 Å². The molecule has 4 N–H and O–H groups in total. The number of amides is 1. The van der Waals surface area contributed by atoms with Crippen LogP contribution >= 0.6 is 0 Å². The number of methoxy groups -OCH3 is 2. The molecule has 1 spiro atoms. The van der Waals surface area contributed by atoms with Crippen molar-refractivity contribution in [1.82, 2.24) is 20.2 Å². The van der Waals surface area contributed by atoms with Crippen molar-refractivity contribution < 1.29 is 19.4 Å². The molecule has 10 nitrogen and oxygen atoms in total. The normalized spacial score (nSPS) is 20.1. The van der Waals surface area contributed by atoms with Crippen molar-refractivity contribution in [2.45, 2.75) is 24.2 Å². The second kappa shape index (κ2) is 7.95. The van der Waals surface area contributed by atoms with E-state index in [1.807, 2.05) is 36.4 Å². The number of aliphatic hydroxyl groups excluding tert-OH is 1. The molecule has 0 bridgehead atoms. The molecule has 1 aliphatic carbocycles. The number of ether oxygens (including phenoxy) is 2. The minimum Gasteiger partial charge on any atom is -0.497 e. The number of H-pyrrole nitrogens is 1. The Balaban J connectivity index is 1.31. The molecular formula is C25H24N6O4. The second-order valence-corrected chi connectivity index (χ2v) is 8.79. The number of aliphatic hydroxyl groups is 1. The molecule has 0 radical (unpaired) electrons. The van der Waals surface area contributed by atoms with Crippen LogP contribution in [0.2, 0.25) is 0 Å². The summed E-state index contributed by atoms with van der Waals surface area (Å²) < 4.78 is 10.7. The largest absolute Gasteiger partial charge is 0.497 e. The van der Waals surface area contributed by atoms with Crippen molar-refractivity contribution >= 4 is 34.1 Å². The fourth-order valence-corrected chi connectivity index (χ4v) is 5.04. The van der Waals surface area contributed by atoms with Crippen LogP contribution in [0.15, 0.2) is 42.6 Å². The lowest BCUT2D eigenvalue weighted by Crippen LogP contribution is -2.21. The van der Waals surface area contributed by atoms with Crippen LogP contribution in [0.3, 0.4) is 0 Å². The van der Waals surface area contributed by atoms with E-state index in [2.05, 4.69) is 30.8 Å². The molecule has 2 aromatic heterocycles. The topological polar surface area (TPSA) is 134 Å². The second-order valence-electron chi connectivity index (χ2n) is 8.79. The van der Waals surface area contributed by atoms with E-state index < -0.39 is 5.41 Å². The van der Waals surface area contributed by atoms with Crippen LogP contribution in [0.4, 0.5) is 17.3 Å². The lowest BCUT2D eigenvalue weighted by Gasteiger charge is -2.11. The Morgan fingerprint density at radius 2 is 2.06 bits per heavy atom. The number of benzene rings is 2. The van der Waals surface area contributed by atoms with E-state index in [1.54, 1.807) is 13.3 Å². The molecule has 1 amide bonds. The average Bonchev–Trinajstić information content (AvgIpc) is 3.43. The summed E-state index contributed by atoms with van der Waals surface area (Å²) in [6.45, 7) is -0.0213. The standard InChI is InChI=1S/C25H24N6O4/c1-34-15-4-6-19-17(10-15)25(24(33)28-19)11-18(25)13-3-5-16-20(9-13)30-31-21(16)29-22-23(35-2)26-12-14(27-22)7-8-32/h3-6,9-10,12,18,32H,7-8,11H2,1-2H3,(H,28,33)(H2,27,29,30,31)/t18-,25-/m0/s1. The molecule has 35 heavy (non-hydrogen) atoms. The summed E-state index contributed by atoms with van der Waals surface area (Å²) in [5.41, 5.74) is 3.84. The van der Waals surface area contributed by atoms with Gasteiger partial charge in [0, 0.05) is 30.0 Å². The lowest BCUT2D eigenvalue weighted by molar-refractivity contribution is -0.118. The van der Waals surface area contributed by atoms with Crippen LogP contribution in [-0.4, -0.2) is 52.0 Å². The third kappa shape index (κ3) is 3.28. The third-order valence-electron chi connectivity index (χ3n) is 6.90. The molecule has 0 saturated heterocycles. The first-order valence-electron chi connectivity index (χ1n) is 11.3. The summed E-state index contributed by atoms with van der Waals surface area (Å²) in [5, 5.41) is 23.8. The molecule has 0 unspecified atom stereocenters. The van der Waals surface area contributed by atoms with Gasteiger partial charge in [0.1, 0.15) is 5.75 Å². The van der Waals surface area contributed by atoms with Gasteiger partial charge in [-0.05, 0) is 47.9 Å². The lowest BCUT2D eigenvalue weighted by atomic mass is 9.91. The predicted octanol–water partition coefficient (Wildman–Crippen LogP) is 3.03. The highest BCUT2D eigenvalue weighted by Gasteiger charge is 2.65.